The van der Waals surface area contributed by atoms with Gasteiger partial charge in [-0.2, -0.15) is 0 Å². The first-order chi connectivity index (χ1) is 15.1. The van der Waals surface area contributed by atoms with Crippen molar-refractivity contribution in [1.82, 2.24) is 4.98 Å². The van der Waals surface area contributed by atoms with Crippen LogP contribution in [0.2, 0.25) is 0 Å². The van der Waals surface area contributed by atoms with Crippen molar-refractivity contribution in [3.63, 3.8) is 0 Å². The molecular formula is C26H27N3O2. The minimum absolute atomic E-state index is 0.172. The Bertz CT molecular complexity index is 1110. The quantitative estimate of drug-likeness (QED) is 0.350. The molecule has 1 N–H and O–H groups in total. The Morgan fingerprint density at radius 1 is 1.10 bits per heavy atom. The highest BCUT2D eigenvalue weighted by Gasteiger charge is 2.25. The third-order valence-corrected chi connectivity index (χ3v) is 5.96. The van der Waals surface area contributed by atoms with Gasteiger partial charge in [0.1, 0.15) is 0 Å². The monoisotopic (exact) mass is 413 g/mol. The van der Waals surface area contributed by atoms with E-state index in [4.69, 9.17) is 0 Å². The van der Waals surface area contributed by atoms with Gasteiger partial charge in [-0.05, 0) is 66.8 Å². The first-order valence-corrected chi connectivity index (χ1v) is 10.6. The summed E-state index contributed by atoms with van der Waals surface area (Å²) >= 11 is 0. The van der Waals surface area contributed by atoms with E-state index in [2.05, 4.69) is 29.2 Å². The fourth-order valence-electron chi connectivity index (χ4n) is 4.29. The fourth-order valence-corrected chi connectivity index (χ4v) is 4.29. The van der Waals surface area contributed by atoms with Gasteiger partial charge in [0.25, 0.3) is 0 Å². The second-order valence-electron chi connectivity index (χ2n) is 8.10. The highest BCUT2D eigenvalue weighted by Crippen LogP contribution is 2.31. The maximum Gasteiger partial charge on any atom is 0.227 e. The topological polar surface area (TPSA) is 65.8 Å². The average molecular weight is 414 g/mol. The van der Waals surface area contributed by atoms with E-state index in [1.165, 1.54) is 0 Å². The van der Waals surface area contributed by atoms with Crippen molar-refractivity contribution >= 4 is 17.3 Å². The summed E-state index contributed by atoms with van der Waals surface area (Å²) in [6.45, 7) is 4.79. The van der Waals surface area contributed by atoms with Gasteiger partial charge in [0.15, 0.2) is 0 Å². The number of nitrogens with zero attached hydrogens (tertiary/aromatic N) is 3. The van der Waals surface area contributed by atoms with Gasteiger partial charge in [0.2, 0.25) is 5.91 Å². The average Bonchev–Trinajstić information content (AvgIpc) is 3.21. The Hall–Kier alpha value is -3.47. The lowest BCUT2D eigenvalue weighted by atomic mass is 9.84. The fraction of sp³-hybridized carbons (Fsp3) is 0.269. The highest BCUT2D eigenvalue weighted by molar-refractivity contribution is 5.96. The molecule has 4 rings (SSSR count). The first kappa shape index (κ1) is 20.8. The molecule has 0 unspecified atom stereocenters. The Balaban J connectivity index is 1.72. The standard InChI is InChI=1S/C26H27N3O2/c1-18-6-3-4-7-21(18)17-24(28-31)26(22-13-14-27-19(2)16-22)20-9-11-23(12-10-20)29-15-5-8-25(29)30/h3-4,6-7,9-14,16,26,31H,5,8,15,17H2,1-2H3/b28-24+/t26-/m1/s1. The normalized spacial score (nSPS) is 15.4. The molecule has 1 atom stereocenters. The van der Waals surface area contributed by atoms with E-state index in [1.807, 2.05) is 60.4 Å². The first-order valence-electron chi connectivity index (χ1n) is 10.6. The smallest absolute Gasteiger partial charge is 0.227 e. The summed E-state index contributed by atoms with van der Waals surface area (Å²) in [5, 5.41) is 13.8. The number of amides is 1. The maximum atomic E-state index is 12.1. The van der Waals surface area contributed by atoms with Crippen molar-refractivity contribution in [3.05, 3.63) is 94.8 Å². The van der Waals surface area contributed by atoms with Crippen LogP contribution in [0.25, 0.3) is 0 Å². The van der Waals surface area contributed by atoms with Gasteiger partial charge in [-0.3, -0.25) is 9.78 Å². The van der Waals surface area contributed by atoms with Crippen LogP contribution in [-0.4, -0.2) is 28.4 Å². The van der Waals surface area contributed by atoms with Gasteiger partial charge >= 0.3 is 0 Å². The van der Waals surface area contributed by atoms with Crippen LogP contribution in [0, 0.1) is 13.8 Å². The zero-order chi connectivity index (χ0) is 21.8. The molecule has 0 aliphatic carbocycles. The summed E-state index contributed by atoms with van der Waals surface area (Å²) in [6.07, 6.45) is 3.84. The molecule has 0 radical (unpaired) electrons. The molecule has 5 nitrogen and oxygen atoms in total. The van der Waals surface area contributed by atoms with Gasteiger partial charge < -0.3 is 10.1 Å². The lowest BCUT2D eigenvalue weighted by Crippen LogP contribution is -2.23. The van der Waals surface area contributed by atoms with Gasteiger partial charge in [0, 0.05) is 37.0 Å². The molecule has 1 amide bonds. The van der Waals surface area contributed by atoms with Crippen LogP contribution in [0.1, 0.15) is 46.7 Å². The Morgan fingerprint density at radius 3 is 2.52 bits per heavy atom. The molecule has 31 heavy (non-hydrogen) atoms. The van der Waals surface area contributed by atoms with Crippen LogP contribution < -0.4 is 4.90 Å². The maximum absolute atomic E-state index is 12.1. The molecule has 0 spiro atoms. The second kappa shape index (κ2) is 9.13. The van der Waals surface area contributed by atoms with Crippen LogP contribution >= 0.6 is 0 Å². The van der Waals surface area contributed by atoms with Crippen LogP contribution in [0.4, 0.5) is 5.69 Å². The van der Waals surface area contributed by atoms with Gasteiger partial charge in [-0.15, -0.1) is 0 Å². The molecule has 1 aliphatic rings. The zero-order valence-electron chi connectivity index (χ0n) is 18.0. The van der Waals surface area contributed by atoms with Crippen molar-refractivity contribution in [1.29, 1.82) is 0 Å². The molecule has 3 aromatic rings. The van der Waals surface area contributed by atoms with Crippen LogP contribution in [0.15, 0.2) is 72.0 Å². The zero-order valence-corrected chi connectivity index (χ0v) is 18.0. The largest absolute Gasteiger partial charge is 0.411 e. The number of oxime groups is 1. The molecule has 1 saturated heterocycles. The minimum Gasteiger partial charge on any atom is -0.411 e. The number of aryl methyl sites for hydroxylation is 2. The summed E-state index contributed by atoms with van der Waals surface area (Å²) in [6, 6.07) is 20.2. The number of anilines is 1. The number of rotatable bonds is 6. The number of carbonyl (C=O) groups excluding carboxylic acids is 1. The molecule has 2 aromatic carbocycles. The van der Waals surface area contributed by atoms with Crippen LogP contribution in [0.5, 0.6) is 0 Å². The molecule has 5 heteroatoms. The molecule has 1 fully saturated rings. The lowest BCUT2D eigenvalue weighted by Gasteiger charge is -2.22. The summed E-state index contributed by atoms with van der Waals surface area (Å²) in [7, 11) is 0. The summed E-state index contributed by atoms with van der Waals surface area (Å²) < 4.78 is 0. The van der Waals surface area contributed by atoms with E-state index in [-0.39, 0.29) is 11.8 Å². The van der Waals surface area contributed by atoms with Crippen LogP contribution in [-0.2, 0) is 11.2 Å². The van der Waals surface area contributed by atoms with E-state index >= 15 is 0 Å². The SMILES string of the molecule is Cc1cc([C@H](/C(Cc2ccccc2C)=N/O)c2ccc(N3CCCC3=O)cc2)ccn1. The number of benzene rings is 2. The molecule has 2 heterocycles. The number of pyridine rings is 1. The molecule has 0 bridgehead atoms. The third-order valence-electron chi connectivity index (χ3n) is 5.96. The van der Waals surface area contributed by atoms with Crippen molar-refractivity contribution in [3.8, 4) is 0 Å². The van der Waals surface area contributed by atoms with Crippen molar-refractivity contribution in [2.45, 2.75) is 39.0 Å². The highest BCUT2D eigenvalue weighted by atomic mass is 16.4. The predicted molar refractivity (Wildman–Crippen MR) is 123 cm³/mol. The van der Waals surface area contributed by atoms with Gasteiger partial charge in [-0.25, -0.2) is 0 Å². The molecular weight excluding hydrogens is 386 g/mol. The lowest BCUT2D eigenvalue weighted by molar-refractivity contribution is -0.117. The minimum atomic E-state index is -0.213. The van der Waals surface area contributed by atoms with E-state index in [0.717, 1.165) is 46.6 Å². The Kier molecular flexibility index (Phi) is 6.12. The summed E-state index contributed by atoms with van der Waals surface area (Å²) in [5.74, 6) is -0.0409. The number of aromatic nitrogens is 1. The number of hydrogen-bond acceptors (Lipinski definition) is 4. The van der Waals surface area contributed by atoms with Gasteiger partial charge in [0.05, 0.1) is 11.6 Å². The van der Waals surface area contributed by atoms with Crippen molar-refractivity contribution < 1.29 is 10.0 Å². The van der Waals surface area contributed by atoms with Crippen molar-refractivity contribution in [2.24, 2.45) is 5.16 Å². The van der Waals surface area contributed by atoms with Crippen LogP contribution in [0.3, 0.4) is 0 Å². The van der Waals surface area contributed by atoms with Gasteiger partial charge in [-0.1, -0.05) is 41.6 Å². The van der Waals surface area contributed by atoms with E-state index < -0.39 is 0 Å². The molecule has 1 aromatic heterocycles. The summed E-state index contributed by atoms with van der Waals surface area (Å²) in [4.78, 5) is 18.3. The predicted octanol–water partition coefficient (Wildman–Crippen LogP) is 5.03. The summed E-state index contributed by atoms with van der Waals surface area (Å²) in [5.41, 5.74) is 6.83. The Labute approximate surface area is 183 Å². The van der Waals surface area contributed by atoms with E-state index in [1.54, 1.807) is 6.20 Å². The van der Waals surface area contributed by atoms with E-state index in [9.17, 15) is 10.0 Å². The second-order valence-corrected chi connectivity index (χ2v) is 8.10. The molecule has 1 aliphatic heterocycles. The molecule has 0 saturated carbocycles. The number of hydrogen-bond donors (Lipinski definition) is 1. The molecule has 158 valence electrons. The Morgan fingerprint density at radius 2 is 1.87 bits per heavy atom. The third kappa shape index (κ3) is 4.50. The van der Waals surface area contributed by atoms with E-state index in [0.29, 0.717) is 18.6 Å². The number of carbonyl (C=O) groups is 1. The van der Waals surface area contributed by atoms with Crippen molar-refractivity contribution in [2.75, 3.05) is 11.4 Å².